The standard InChI is InChI=1S/C21H17ClFN5O2/c1-30-14-7-5-13(6-8-14)18-11-19(26-25-18)21(29)24-20-9-10-28(27-20)12-15-16(22)3-2-4-17(15)23/h2-11H,12H2,1H3,(H,25,26)(H,24,27,29). The maximum Gasteiger partial charge on any atom is 0.274 e. The van der Waals surface area contributed by atoms with Gasteiger partial charge in [0.2, 0.25) is 0 Å². The van der Waals surface area contributed by atoms with E-state index in [2.05, 4.69) is 20.6 Å². The van der Waals surface area contributed by atoms with Crippen molar-refractivity contribution in [2.45, 2.75) is 6.54 Å². The number of aromatic nitrogens is 4. The summed E-state index contributed by atoms with van der Waals surface area (Å²) in [6.45, 7) is 0.146. The van der Waals surface area contributed by atoms with Gasteiger partial charge < -0.3 is 10.1 Å². The molecular formula is C21H17ClFN5O2. The number of nitrogens with zero attached hydrogens (tertiary/aromatic N) is 3. The number of nitrogens with one attached hydrogen (secondary N) is 2. The zero-order valence-corrected chi connectivity index (χ0v) is 16.7. The Balaban J connectivity index is 1.44. The van der Waals surface area contributed by atoms with E-state index >= 15 is 0 Å². The van der Waals surface area contributed by atoms with E-state index in [0.29, 0.717) is 22.1 Å². The molecule has 2 aromatic heterocycles. The second kappa shape index (κ2) is 8.38. The van der Waals surface area contributed by atoms with E-state index in [1.165, 1.54) is 10.7 Å². The fraction of sp³-hybridized carbons (Fsp3) is 0.0952. The zero-order chi connectivity index (χ0) is 21.1. The molecule has 2 heterocycles. The molecule has 2 N–H and O–H groups in total. The number of amides is 1. The molecule has 0 spiro atoms. The Labute approximate surface area is 176 Å². The van der Waals surface area contributed by atoms with Gasteiger partial charge in [-0.1, -0.05) is 17.7 Å². The van der Waals surface area contributed by atoms with Gasteiger partial charge in [-0.2, -0.15) is 10.2 Å². The summed E-state index contributed by atoms with van der Waals surface area (Å²) in [5.41, 5.74) is 2.09. The van der Waals surface area contributed by atoms with Crippen LogP contribution >= 0.6 is 11.6 Å². The lowest BCUT2D eigenvalue weighted by Gasteiger charge is -2.06. The van der Waals surface area contributed by atoms with Crippen molar-refractivity contribution in [3.63, 3.8) is 0 Å². The first-order valence-corrected chi connectivity index (χ1v) is 9.39. The molecule has 0 aliphatic carbocycles. The van der Waals surface area contributed by atoms with Crippen LogP contribution in [0.4, 0.5) is 10.2 Å². The van der Waals surface area contributed by atoms with E-state index in [1.807, 2.05) is 24.3 Å². The van der Waals surface area contributed by atoms with Crippen molar-refractivity contribution in [2.75, 3.05) is 12.4 Å². The summed E-state index contributed by atoms with van der Waals surface area (Å²) in [5, 5.41) is 14.2. The number of carbonyl (C=O) groups excluding carboxylic acids is 1. The van der Waals surface area contributed by atoms with Crippen LogP contribution in [0.1, 0.15) is 16.1 Å². The monoisotopic (exact) mass is 425 g/mol. The minimum Gasteiger partial charge on any atom is -0.497 e. The van der Waals surface area contributed by atoms with Crippen LogP contribution in [0.3, 0.4) is 0 Å². The Morgan fingerprint density at radius 1 is 1.23 bits per heavy atom. The molecule has 152 valence electrons. The Morgan fingerprint density at radius 3 is 2.77 bits per heavy atom. The second-order valence-electron chi connectivity index (χ2n) is 6.45. The van der Waals surface area contributed by atoms with Crippen LogP contribution in [-0.4, -0.2) is 33.0 Å². The third-order valence-electron chi connectivity index (χ3n) is 4.47. The molecule has 0 saturated carbocycles. The number of benzene rings is 2. The third kappa shape index (κ3) is 4.18. The molecule has 0 unspecified atom stereocenters. The Kier molecular flexibility index (Phi) is 5.49. The summed E-state index contributed by atoms with van der Waals surface area (Å²) < 4.78 is 20.6. The fourth-order valence-corrected chi connectivity index (χ4v) is 3.12. The van der Waals surface area contributed by atoms with Gasteiger partial charge in [0.05, 0.1) is 19.3 Å². The van der Waals surface area contributed by atoms with Crippen molar-refractivity contribution in [3.05, 3.63) is 82.9 Å². The van der Waals surface area contributed by atoms with Crippen LogP contribution < -0.4 is 10.1 Å². The number of halogens is 2. The number of hydrogen-bond donors (Lipinski definition) is 2. The minimum absolute atomic E-state index is 0.146. The molecule has 9 heteroatoms. The summed E-state index contributed by atoms with van der Waals surface area (Å²) in [7, 11) is 1.60. The first-order valence-electron chi connectivity index (χ1n) is 9.01. The van der Waals surface area contributed by atoms with E-state index in [4.69, 9.17) is 16.3 Å². The number of anilines is 1. The molecule has 0 bridgehead atoms. The minimum atomic E-state index is -0.410. The molecule has 4 rings (SSSR count). The average Bonchev–Trinajstić information content (AvgIpc) is 3.41. The smallest absolute Gasteiger partial charge is 0.274 e. The fourth-order valence-electron chi connectivity index (χ4n) is 2.89. The van der Waals surface area contributed by atoms with Crippen molar-refractivity contribution >= 4 is 23.3 Å². The highest BCUT2D eigenvalue weighted by molar-refractivity contribution is 6.31. The van der Waals surface area contributed by atoms with Crippen molar-refractivity contribution in [2.24, 2.45) is 0 Å². The van der Waals surface area contributed by atoms with Gasteiger partial charge in [0.1, 0.15) is 17.3 Å². The molecule has 30 heavy (non-hydrogen) atoms. The van der Waals surface area contributed by atoms with Crippen LogP contribution in [0.25, 0.3) is 11.3 Å². The maximum atomic E-state index is 13.9. The normalized spacial score (nSPS) is 10.8. The number of hydrogen-bond acceptors (Lipinski definition) is 4. The summed E-state index contributed by atoms with van der Waals surface area (Å²) in [6.07, 6.45) is 1.63. The summed E-state index contributed by atoms with van der Waals surface area (Å²) in [6, 6.07) is 15.1. The topological polar surface area (TPSA) is 84.8 Å². The molecular weight excluding hydrogens is 409 g/mol. The van der Waals surface area contributed by atoms with Crippen LogP contribution in [0.15, 0.2) is 60.8 Å². The van der Waals surface area contributed by atoms with Gasteiger partial charge in [0, 0.05) is 28.4 Å². The molecule has 7 nitrogen and oxygen atoms in total. The average molecular weight is 426 g/mol. The Morgan fingerprint density at radius 2 is 2.03 bits per heavy atom. The van der Waals surface area contributed by atoms with E-state index in [0.717, 1.165) is 11.3 Å². The van der Waals surface area contributed by atoms with Gasteiger partial charge in [-0.05, 0) is 42.5 Å². The number of methoxy groups -OCH3 is 1. The van der Waals surface area contributed by atoms with Gasteiger partial charge in [0.25, 0.3) is 5.91 Å². The number of rotatable bonds is 6. The van der Waals surface area contributed by atoms with Crippen molar-refractivity contribution in [1.29, 1.82) is 0 Å². The quantitative estimate of drug-likeness (QED) is 0.480. The lowest BCUT2D eigenvalue weighted by molar-refractivity contribution is 0.102. The lowest BCUT2D eigenvalue weighted by atomic mass is 10.1. The van der Waals surface area contributed by atoms with Gasteiger partial charge in [-0.25, -0.2) is 4.39 Å². The highest BCUT2D eigenvalue weighted by Gasteiger charge is 2.14. The highest BCUT2D eigenvalue weighted by atomic mass is 35.5. The maximum absolute atomic E-state index is 13.9. The molecule has 0 fully saturated rings. The molecule has 0 aliphatic rings. The van der Waals surface area contributed by atoms with Gasteiger partial charge in [-0.3, -0.25) is 14.6 Å². The highest BCUT2D eigenvalue weighted by Crippen LogP contribution is 2.22. The van der Waals surface area contributed by atoms with E-state index in [1.54, 1.807) is 37.6 Å². The predicted molar refractivity (Wildman–Crippen MR) is 111 cm³/mol. The van der Waals surface area contributed by atoms with Crippen LogP contribution in [0.5, 0.6) is 5.75 Å². The van der Waals surface area contributed by atoms with Gasteiger partial charge in [0.15, 0.2) is 5.82 Å². The van der Waals surface area contributed by atoms with E-state index in [-0.39, 0.29) is 12.2 Å². The van der Waals surface area contributed by atoms with Crippen LogP contribution in [0, 0.1) is 5.82 Å². The molecule has 1 amide bonds. The first kappa shape index (κ1) is 19.7. The van der Waals surface area contributed by atoms with Crippen molar-refractivity contribution in [3.8, 4) is 17.0 Å². The third-order valence-corrected chi connectivity index (χ3v) is 4.83. The van der Waals surface area contributed by atoms with Crippen molar-refractivity contribution in [1.82, 2.24) is 20.0 Å². The zero-order valence-electron chi connectivity index (χ0n) is 15.9. The summed E-state index contributed by atoms with van der Waals surface area (Å²) in [5.74, 6) is 0.260. The summed E-state index contributed by atoms with van der Waals surface area (Å²) in [4.78, 5) is 12.5. The molecule has 0 atom stereocenters. The van der Waals surface area contributed by atoms with E-state index < -0.39 is 11.7 Å². The Hall–Kier alpha value is -3.65. The molecule has 0 aliphatic heterocycles. The number of aromatic amines is 1. The second-order valence-corrected chi connectivity index (χ2v) is 6.86. The molecule has 2 aromatic carbocycles. The predicted octanol–water partition coefficient (Wildman–Crippen LogP) is 4.37. The van der Waals surface area contributed by atoms with Crippen LogP contribution in [-0.2, 0) is 6.54 Å². The SMILES string of the molecule is COc1ccc(-c2cc(C(=O)Nc3ccn(Cc4c(F)cccc4Cl)n3)[nH]n2)cc1. The summed E-state index contributed by atoms with van der Waals surface area (Å²) >= 11 is 6.05. The van der Waals surface area contributed by atoms with Crippen LogP contribution in [0.2, 0.25) is 5.02 Å². The first-order chi connectivity index (χ1) is 14.5. The largest absolute Gasteiger partial charge is 0.497 e. The number of carbonyl (C=O) groups is 1. The lowest BCUT2D eigenvalue weighted by Crippen LogP contribution is -2.13. The number of H-pyrrole nitrogens is 1. The number of ether oxygens (including phenoxy) is 1. The molecule has 0 radical (unpaired) electrons. The molecule has 0 saturated heterocycles. The Bertz CT molecular complexity index is 1170. The van der Waals surface area contributed by atoms with Gasteiger partial charge >= 0.3 is 0 Å². The van der Waals surface area contributed by atoms with Crippen molar-refractivity contribution < 1.29 is 13.9 Å². The van der Waals surface area contributed by atoms with Gasteiger partial charge in [-0.15, -0.1) is 0 Å². The molecule has 4 aromatic rings. The van der Waals surface area contributed by atoms with E-state index in [9.17, 15) is 9.18 Å².